The Labute approximate surface area is 189 Å². The molecule has 0 unspecified atom stereocenters. The molecule has 0 radical (unpaired) electrons. The molecule has 1 heterocycles. The summed E-state index contributed by atoms with van der Waals surface area (Å²) < 4.78 is 56.4. The number of hydrogen-bond acceptors (Lipinski definition) is 4. The molecule has 3 aromatic rings. The van der Waals surface area contributed by atoms with Crippen LogP contribution in [0, 0.1) is 5.92 Å². The molecule has 2 aromatic carbocycles. The summed E-state index contributed by atoms with van der Waals surface area (Å²) in [6.45, 7) is 6.02. The Morgan fingerprint density at radius 1 is 0.969 bits per heavy atom. The molecule has 0 bridgehead atoms. The maximum Gasteiger partial charge on any atom is 0.264 e. The van der Waals surface area contributed by atoms with Crippen LogP contribution in [0.25, 0.3) is 10.9 Å². The highest BCUT2D eigenvalue weighted by molar-refractivity contribution is 7.93. The van der Waals surface area contributed by atoms with Crippen molar-refractivity contribution < 1.29 is 16.8 Å². The molecule has 1 aromatic heterocycles. The standard InChI is InChI=1S/C23H29N3O4S2/c1-16(2)14-17(3)26(20-6-11-23-18(15-20)12-13-24-23)32(29,30)22-9-7-21(8-10-22)31(27,28)25-19-4-5-19/h6-13,15-17,19,24-25H,4-5,14H2,1-3H3/t17-/m0/s1. The number of aromatic amines is 1. The summed E-state index contributed by atoms with van der Waals surface area (Å²) in [6, 6.07) is 12.6. The van der Waals surface area contributed by atoms with E-state index in [0.717, 1.165) is 23.7 Å². The van der Waals surface area contributed by atoms with E-state index in [1.807, 2.05) is 31.3 Å². The van der Waals surface area contributed by atoms with Gasteiger partial charge in [-0.15, -0.1) is 0 Å². The van der Waals surface area contributed by atoms with E-state index in [-0.39, 0.29) is 21.9 Å². The fraction of sp³-hybridized carbons (Fsp3) is 0.391. The Kier molecular flexibility index (Phi) is 6.08. The summed E-state index contributed by atoms with van der Waals surface area (Å²) in [5.41, 5.74) is 1.51. The van der Waals surface area contributed by atoms with E-state index in [2.05, 4.69) is 23.6 Å². The molecule has 1 fully saturated rings. The van der Waals surface area contributed by atoms with Crippen molar-refractivity contribution in [1.82, 2.24) is 9.71 Å². The third-order valence-corrected chi connectivity index (χ3v) is 9.09. The number of aromatic nitrogens is 1. The number of nitrogens with one attached hydrogen (secondary N) is 2. The summed E-state index contributed by atoms with van der Waals surface area (Å²) in [7, 11) is -7.56. The van der Waals surface area contributed by atoms with Crippen LogP contribution in [0.2, 0.25) is 0 Å². The molecule has 1 saturated carbocycles. The summed E-state index contributed by atoms with van der Waals surface area (Å²) in [5.74, 6) is 0.305. The summed E-state index contributed by atoms with van der Waals surface area (Å²) in [4.78, 5) is 3.26. The largest absolute Gasteiger partial charge is 0.361 e. The molecule has 7 nitrogen and oxygen atoms in total. The van der Waals surface area contributed by atoms with Crippen molar-refractivity contribution in [3.63, 3.8) is 0 Å². The van der Waals surface area contributed by atoms with Crippen LogP contribution in [-0.2, 0) is 20.0 Å². The van der Waals surface area contributed by atoms with Gasteiger partial charge >= 0.3 is 0 Å². The van der Waals surface area contributed by atoms with Crippen LogP contribution in [-0.4, -0.2) is 33.9 Å². The minimum Gasteiger partial charge on any atom is -0.361 e. The first kappa shape index (κ1) is 22.8. The zero-order valence-electron chi connectivity index (χ0n) is 18.4. The van der Waals surface area contributed by atoms with Gasteiger partial charge in [-0.3, -0.25) is 4.31 Å². The molecule has 2 N–H and O–H groups in total. The Hall–Kier alpha value is -2.36. The van der Waals surface area contributed by atoms with Gasteiger partial charge in [0.2, 0.25) is 10.0 Å². The molecule has 172 valence electrons. The van der Waals surface area contributed by atoms with Gasteiger partial charge in [-0.2, -0.15) is 0 Å². The van der Waals surface area contributed by atoms with Gasteiger partial charge in [-0.05, 0) is 80.6 Å². The van der Waals surface area contributed by atoms with Crippen molar-refractivity contribution >= 4 is 36.6 Å². The number of H-pyrrole nitrogens is 1. The first-order valence-corrected chi connectivity index (χ1v) is 13.7. The average molecular weight is 476 g/mol. The topological polar surface area (TPSA) is 99.3 Å². The van der Waals surface area contributed by atoms with Crippen molar-refractivity contribution in [3.05, 3.63) is 54.7 Å². The van der Waals surface area contributed by atoms with Crippen LogP contribution in [0.3, 0.4) is 0 Å². The minimum atomic E-state index is -3.92. The molecule has 32 heavy (non-hydrogen) atoms. The monoisotopic (exact) mass is 475 g/mol. The number of nitrogens with zero attached hydrogens (tertiary/aromatic N) is 1. The van der Waals surface area contributed by atoms with Crippen molar-refractivity contribution in [3.8, 4) is 0 Å². The lowest BCUT2D eigenvalue weighted by Gasteiger charge is -2.31. The smallest absolute Gasteiger partial charge is 0.264 e. The molecule has 0 spiro atoms. The maximum atomic E-state index is 13.7. The van der Waals surface area contributed by atoms with Gasteiger partial charge in [-0.25, -0.2) is 21.6 Å². The molecule has 0 amide bonds. The fourth-order valence-corrected chi connectivity index (χ4v) is 6.94. The van der Waals surface area contributed by atoms with E-state index in [4.69, 9.17) is 0 Å². The lowest BCUT2D eigenvalue weighted by atomic mass is 10.0. The third-order valence-electron chi connectivity index (χ3n) is 5.59. The van der Waals surface area contributed by atoms with E-state index < -0.39 is 20.0 Å². The van der Waals surface area contributed by atoms with Crippen molar-refractivity contribution in [1.29, 1.82) is 0 Å². The highest BCUT2D eigenvalue weighted by Crippen LogP contribution is 2.31. The SMILES string of the molecule is CC(C)C[C@H](C)N(c1ccc2[nH]ccc2c1)S(=O)(=O)c1ccc(S(=O)(=O)NC2CC2)cc1. The molecule has 9 heteroatoms. The highest BCUT2D eigenvalue weighted by Gasteiger charge is 2.31. The zero-order valence-corrected chi connectivity index (χ0v) is 20.1. The molecule has 1 aliphatic carbocycles. The summed E-state index contributed by atoms with van der Waals surface area (Å²) in [5, 5.41) is 0.923. The van der Waals surface area contributed by atoms with Gasteiger partial charge in [0, 0.05) is 29.2 Å². The Balaban J connectivity index is 1.72. The molecule has 1 atom stereocenters. The van der Waals surface area contributed by atoms with E-state index in [9.17, 15) is 16.8 Å². The molecule has 4 rings (SSSR count). The molecular formula is C23H29N3O4S2. The first-order valence-electron chi connectivity index (χ1n) is 10.8. The van der Waals surface area contributed by atoms with Crippen LogP contribution in [0.5, 0.6) is 0 Å². The second-order valence-corrected chi connectivity index (χ2v) is 12.4. The normalized spacial score (nSPS) is 15.9. The number of anilines is 1. The van der Waals surface area contributed by atoms with Gasteiger partial charge in [0.15, 0.2) is 0 Å². The Morgan fingerprint density at radius 3 is 2.25 bits per heavy atom. The lowest BCUT2D eigenvalue weighted by Crippen LogP contribution is -2.39. The number of sulfonamides is 2. The molecule has 0 saturated heterocycles. The zero-order chi connectivity index (χ0) is 23.1. The van der Waals surface area contributed by atoms with Gasteiger partial charge in [0.05, 0.1) is 15.5 Å². The number of benzene rings is 2. The summed E-state index contributed by atoms with van der Waals surface area (Å²) >= 11 is 0. The van der Waals surface area contributed by atoms with E-state index >= 15 is 0 Å². The van der Waals surface area contributed by atoms with Crippen molar-refractivity contribution in [2.24, 2.45) is 5.92 Å². The number of fused-ring (bicyclic) bond motifs is 1. The van der Waals surface area contributed by atoms with E-state index in [0.29, 0.717) is 18.0 Å². The average Bonchev–Trinajstić information content (AvgIpc) is 3.39. The predicted octanol–water partition coefficient (Wildman–Crippen LogP) is 4.24. The van der Waals surface area contributed by atoms with E-state index in [1.54, 1.807) is 6.07 Å². The predicted molar refractivity (Wildman–Crippen MR) is 127 cm³/mol. The summed E-state index contributed by atoms with van der Waals surface area (Å²) in [6.07, 6.45) is 4.17. The molecule has 1 aliphatic rings. The van der Waals surface area contributed by atoms with Crippen LogP contribution < -0.4 is 9.03 Å². The first-order chi connectivity index (χ1) is 15.1. The quantitative estimate of drug-likeness (QED) is 0.483. The Morgan fingerprint density at radius 2 is 1.62 bits per heavy atom. The van der Waals surface area contributed by atoms with Crippen molar-refractivity contribution in [2.45, 2.75) is 61.9 Å². The second kappa shape index (κ2) is 8.53. The van der Waals surface area contributed by atoms with Gasteiger partial charge in [0.1, 0.15) is 0 Å². The highest BCUT2D eigenvalue weighted by atomic mass is 32.2. The Bertz CT molecular complexity index is 1310. The fourth-order valence-electron chi connectivity index (χ4n) is 3.98. The van der Waals surface area contributed by atoms with E-state index in [1.165, 1.54) is 28.6 Å². The van der Waals surface area contributed by atoms with Crippen LogP contribution >= 0.6 is 0 Å². The van der Waals surface area contributed by atoms with Gasteiger partial charge in [-0.1, -0.05) is 13.8 Å². The van der Waals surface area contributed by atoms with Crippen molar-refractivity contribution in [2.75, 3.05) is 4.31 Å². The van der Waals surface area contributed by atoms with Crippen LogP contribution in [0.1, 0.15) is 40.0 Å². The maximum absolute atomic E-state index is 13.7. The lowest BCUT2D eigenvalue weighted by molar-refractivity contribution is 0.509. The minimum absolute atomic E-state index is 0.0147. The van der Waals surface area contributed by atoms with Crippen LogP contribution in [0.15, 0.2) is 64.5 Å². The second-order valence-electron chi connectivity index (χ2n) is 8.90. The van der Waals surface area contributed by atoms with Gasteiger partial charge in [0.25, 0.3) is 10.0 Å². The van der Waals surface area contributed by atoms with Crippen LogP contribution in [0.4, 0.5) is 5.69 Å². The van der Waals surface area contributed by atoms with Gasteiger partial charge < -0.3 is 4.98 Å². The number of hydrogen-bond donors (Lipinski definition) is 2. The molecule has 0 aliphatic heterocycles. The molecular weight excluding hydrogens is 446 g/mol. The number of rotatable bonds is 9. The third kappa shape index (κ3) is 4.69.